The summed E-state index contributed by atoms with van der Waals surface area (Å²) in [7, 11) is 0. The fourth-order valence-corrected chi connectivity index (χ4v) is 3.36. The highest BCUT2D eigenvalue weighted by molar-refractivity contribution is 5.99. The summed E-state index contributed by atoms with van der Waals surface area (Å²) < 4.78 is 0. The number of rotatable bonds is 8. The predicted octanol–water partition coefficient (Wildman–Crippen LogP) is 0.495. The molecule has 0 spiro atoms. The van der Waals surface area contributed by atoms with E-state index in [1.165, 1.54) is 6.07 Å². The van der Waals surface area contributed by atoms with Crippen molar-refractivity contribution in [1.29, 1.82) is 0 Å². The van der Waals surface area contributed by atoms with Crippen molar-refractivity contribution < 1.29 is 29.7 Å². The first-order valence-electron chi connectivity index (χ1n) is 10.6. The molecule has 0 aliphatic carbocycles. The Morgan fingerprint density at radius 3 is 2.71 bits per heavy atom. The van der Waals surface area contributed by atoms with Gasteiger partial charge in [-0.1, -0.05) is 23.8 Å². The number of phenols is 1. The molecule has 34 heavy (non-hydrogen) atoms. The number of nitrogens with zero attached hydrogens (tertiary/aromatic N) is 1. The van der Waals surface area contributed by atoms with Crippen LogP contribution in [0.5, 0.6) is 5.75 Å². The number of carbonyl (C=O) groups is 3. The van der Waals surface area contributed by atoms with E-state index in [1.54, 1.807) is 43.3 Å². The molecular weight excluding hydrogens is 442 g/mol. The number of β-amino-alcohol motifs (C(OH)–C–C–N with tert-alkyl or cyclic N) is 1. The van der Waals surface area contributed by atoms with Crippen LogP contribution in [0.1, 0.15) is 33.9 Å². The number of phenolic OH excluding ortho intramolecular Hbond substituents is 1. The van der Waals surface area contributed by atoms with Crippen molar-refractivity contribution in [2.45, 2.75) is 25.5 Å². The number of aryl methyl sites for hydroxylation is 1. The number of hydrogen-bond acceptors (Lipinski definition) is 8. The first kappa shape index (κ1) is 24.5. The third-order valence-electron chi connectivity index (χ3n) is 5.03. The maximum Gasteiger partial charge on any atom is 0.305 e. The molecule has 7 N–H and O–H groups in total. The van der Waals surface area contributed by atoms with Crippen LogP contribution in [0.25, 0.3) is 0 Å². The van der Waals surface area contributed by atoms with Gasteiger partial charge in [0.05, 0.1) is 31.7 Å². The number of amides is 2. The fourth-order valence-electron chi connectivity index (χ4n) is 3.36. The molecule has 0 fully saturated rings. The van der Waals surface area contributed by atoms with Crippen LogP contribution in [0.4, 0.5) is 5.69 Å². The molecule has 11 heteroatoms. The maximum atomic E-state index is 12.5. The highest BCUT2D eigenvalue weighted by atomic mass is 16.4. The van der Waals surface area contributed by atoms with E-state index in [0.717, 1.165) is 5.56 Å². The van der Waals surface area contributed by atoms with E-state index in [0.29, 0.717) is 23.8 Å². The number of nitrogens with one attached hydrogen (secondary N) is 4. The molecule has 2 aromatic rings. The number of aliphatic carboxylic acids is 1. The van der Waals surface area contributed by atoms with Crippen molar-refractivity contribution in [3.05, 3.63) is 59.2 Å². The van der Waals surface area contributed by atoms with Crippen LogP contribution in [0.2, 0.25) is 0 Å². The minimum atomic E-state index is -1.15. The molecule has 0 saturated heterocycles. The van der Waals surface area contributed by atoms with Gasteiger partial charge >= 0.3 is 5.97 Å². The van der Waals surface area contributed by atoms with Gasteiger partial charge in [-0.05, 0) is 31.2 Å². The predicted molar refractivity (Wildman–Crippen MR) is 125 cm³/mol. The Kier molecular flexibility index (Phi) is 8.04. The van der Waals surface area contributed by atoms with Crippen LogP contribution in [0, 0.1) is 6.92 Å². The molecule has 1 aliphatic heterocycles. The monoisotopic (exact) mass is 469 g/mol. The normalized spacial score (nSPS) is 15.9. The summed E-state index contributed by atoms with van der Waals surface area (Å²) in [5.74, 6) is -1.90. The molecule has 1 aliphatic rings. The molecule has 0 saturated carbocycles. The standard InChI is InChI=1S/C23H27N5O6/c1-13-5-6-19(30)17(7-13)18(9-21(32)33)28-20(31)12-24-22(34)14-3-2-4-15(8-14)27-23-25-10-16(29)11-26-23/h2-8,16,18,29-30H,9-12H2,1H3,(H,24,34)(H,28,31)(H,32,33)(H2,25,26,27). The van der Waals surface area contributed by atoms with Crippen molar-refractivity contribution >= 4 is 29.4 Å². The number of aromatic hydroxyl groups is 1. The van der Waals surface area contributed by atoms with Gasteiger partial charge < -0.3 is 36.6 Å². The number of aliphatic hydroxyl groups is 1. The molecule has 0 aromatic heterocycles. The van der Waals surface area contributed by atoms with Crippen LogP contribution >= 0.6 is 0 Å². The van der Waals surface area contributed by atoms with Gasteiger partial charge in [0.25, 0.3) is 5.91 Å². The molecule has 2 aromatic carbocycles. The third kappa shape index (κ3) is 6.94. The topological polar surface area (TPSA) is 172 Å². The summed E-state index contributed by atoms with van der Waals surface area (Å²) in [6.45, 7) is 2.04. The largest absolute Gasteiger partial charge is 0.508 e. The van der Waals surface area contributed by atoms with Crippen molar-refractivity contribution in [3.8, 4) is 5.75 Å². The van der Waals surface area contributed by atoms with Gasteiger partial charge in [0, 0.05) is 23.4 Å². The van der Waals surface area contributed by atoms with Crippen molar-refractivity contribution in [3.63, 3.8) is 0 Å². The summed E-state index contributed by atoms with van der Waals surface area (Å²) >= 11 is 0. The number of aliphatic hydroxyl groups excluding tert-OH is 1. The summed E-state index contributed by atoms with van der Waals surface area (Å²) in [4.78, 5) is 40.4. The van der Waals surface area contributed by atoms with E-state index in [2.05, 4.69) is 26.3 Å². The number of guanidine groups is 1. The number of aliphatic imine (C=N–C) groups is 1. The molecule has 2 amide bonds. The zero-order valence-electron chi connectivity index (χ0n) is 18.5. The highest BCUT2D eigenvalue weighted by Gasteiger charge is 2.22. The summed E-state index contributed by atoms with van der Waals surface area (Å²) in [5.41, 5.74) is 1.97. The molecular formula is C23H27N5O6. The molecule has 0 bridgehead atoms. The highest BCUT2D eigenvalue weighted by Crippen LogP contribution is 2.27. The van der Waals surface area contributed by atoms with Gasteiger partial charge in [-0.25, -0.2) is 0 Å². The van der Waals surface area contributed by atoms with Crippen molar-refractivity contribution in [1.82, 2.24) is 16.0 Å². The number of carboxylic acid groups (broad SMARTS) is 1. The van der Waals surface area contributed by atoms with Gasteiger partial charge in [-0.3, -0.25) is 19.4 Å². The summed E-state index contributed by atoms with van der Waals surface area (Å²) in [6.07, 6.45) is -0.974. The molecule has 2 atom stereocenters. The number of carboxylic acids is 1. The second-order valence-electron chi connectivity index (χ2n) is 7.89. The zero-order chi connectivity index (χ0) is 24.7. The van der Waals surface area contributed by atoms with Gasteiger partial charge in [-0.2, -0.15) is 0 Å². The van der Waals surface area contributed by atoms with Crippen molar-refractivity contribution in [2.24, 2.45) is 4.99 Å². The summed E-state index contributed by atoms with van der Waals surface area (Å²) in [6, 6.07) is 10.3. The SMILES string of the molecule is Cc1ccc(O)c(C(CC(=O)O)NC(=O)CNC(=O)c2cccc(NC3=NCC(O)CN3)c2)c1. The van der Waals surface area contributed by atoms with Gasteiger partial charge in [0.1, 0.15) is 5.75 Å². The Balaban J connectivity index is 1.59. The van der Waals surface area contributed by atoms with E-state index >= 15 is 0 Å². The Bertz CT molecular complexity index is 1100. The van der Waals surface area contributed by atoms with Crippen LogP contribution in [-0.4, -0.2) is 64.8 Å². The zero-order valence-corrected chi connectivity index (χ0v) is 18.5. The molecule has 0 radical (unpaired) electrons. The Labute approximate surface area is 195 Å². The lowest BCUT2D eigenvalue weighted by Crippen LogP contribution is -2.42. The van der Waals surface area contributed by atoms with Crippen LogP contribution in [0.15, 0.2) is 47.5 Å². The minimum absolute atomic E-state index is 0.128. The molecule has 180 valence electrons. The fraction of sp³-hybridized carbons (Fsp3) is 0.304. The molecule has 2 unspecified atom stereocenters. The number of carbonyl (C=O) groups excluding carboxylic acids is 2. The number of anilines is 1. The van der Waals surface area contributed by atoms with Gasteiger partial charge in [0.2, 0.25) is 5.91 Å². The van der Waals surface area contributed by atoms with Crippen LogP contribution in [0.3, 0.4) is 0 Å². The van der Waals surface area contributed by atoms with Crippen LogP contribution in [-0.2, 0) is 9.59 Å². The average Bonchev–Trinajstić information content (AvgIpc) is 2.80. The van der Waals surface area contributed by atoms with E-state index < -0.39 is 36.4 Å². The van der Waals surface area contributed by atoms with E-state index in [-0.39, 0.29) is 24.4 Å². The maximum absolute atomic E-state index is 12.5. The molecule has 1 heterocycles. The lowest BCUT2D eigenvalue weighted by molar-refractivity contribution is -0.137. The Hall–Kier alpha value is -4.12. The first-order valence-corrected chi connectivity index (χ1v) is 10.6. The average molecular weight is 469 g/mol. The molecule has 3 rings (SSSR count). The van der Waals surface area contributed by atoms with Crippen LogP contribution < -0.4 is 21.3 Å². The first-order chi connectivity index (χ1) is 16.2. The Morgan fingerprint density at radius 2 is 2.00 bits per heavy atom. The summed E-state index contributed by atoms with van der Waals surface area (Å²) in [5, 5.41) is 39.8. The second kappa shape index (κ2) is 11.1. The third-order valence-corrected chi connectivity index (χ3v) is 5.03. The number of benzene rings is 2. The van der Waals surface area contributed by atoms with Crippen molar-refractivity contribution in [2.75, 3.05) is 25.0 Å². The van der Waals surface area contributed by atoms with Gasteiger partial charge in [0.15, 0.2) is 5.96 Å². The lowest BCUT2D eigenvalue weighted by Gasteiger charge is -2.20. The second-order valence-corrected chi connectivity index (χ2v) is 7.89. The minimum Gasteiger partial charge on any atom is -0.508 e. The smallest absolute Gasteiger partial charge is 0.305 e. The quantitative estimate of drug-likeness (QED) is 0.293. The molecule has 11 nitrogen and oxygen atoms in total. The van der Waals surface area contributed by atoms with E-state index in [4.69, 9.17) is 0 Å². The van der Waals surface area contributed by atoms with E-state index in [1.807, 2.05) is 0 Å². The van der Waals surface area contributed by atoms with Gasteiger partial charge in [-0.15, -0.1) is 0 Å². The number of hydrogen-bond donors (Lipinski definition) is 7. The van der Waals surface area contributed by atoms with E-state index in [9.17, 15) is 29.7 Å². The Morgan fingerprint density at radius 1 is 1.21 bits per heavy atom. The lowest BCUT2D eigenvalue weighted by atomic mass is 10.0.